The lowest BCUT2D eigenvalue weighted by atomic mass is 10.0. The summed E-state index contributed by atoms with van der Waals surface area (Å²) in [5.41, 5.74) is 7.26. The van der Waals surface area contributed by atoms with E-state index in [2.05, 4.69) is 33.8 Å². The Hall–Kier alpha value is -1.79. The maximum Gasteiger partial charge on any atom is 0.234 e. The highest BCUT2D eigenvalue weighted by atomic mass is 32.2. The molecule has 0 atom stereocenters. The van der Waals surface area contributed by atoms with Gasteiger partial charge in [0.1, 0.15) is 0 Å². The summed E-state index contributed by atoms with van der Waals surface area (Å²) < 4.78 is 25.9. The minimum atomic E-state index is -3.26. The van der Waals surface area contributed by atoms with Crippen molar-refractivity contribution in [3.63, 3.8) is 0 Å². The normalized spacial score (nSPS) is 13.7. The second-order valence-electron chi connectivity index (χ2n) is 7.37. The van der Waals surface area contributed by atoms with Crippen molar-refractivity contribution in [1.29, 1.82) is 0 Å². The Morgan fingerprint density at radius 2 is 1.71 bits per heavy atom. The molecule has 0 saturated carbocycles. The van der Waals surface area contributed by atoms with Gasteiger partial charge in [0.05, 0.1) is 17.2 Å². The van der Waals surface area contributed by atoms with Crippen molar-refractivity contribution in [1.82, 2.24) is 0 Å². The van der Waals surface area contributed by atoms with Gasteiger partial charge in [0.25, 0.3) is 0 Å². The van der Waals surface area contributed by atoms with Crippen LogP contribution in [-0.2, 0) is 16.4 Å². The predicted molar refractivity (Wildman–Crippen MR) is 117 cm³/mol. The lowest BCUT2D eigenvalue weighted by Crippen LogP contribution is -2.30. The molecule has 0 fully saturated rings. The number of hydrogen-bond donors (Lipinski definition) is 0. The van der Waals surface area contributed by atoms with Gasteiger partial charge in [-0.15, -0.1) is 11.8 Å². The molecule has 0 spiro atoms. The molecule has 2 aromatic rings. The Balaban J connectivity index is 1.79. The van der Waals surface area contributed by atoms with Crippen LogP contribution < -0.4 is 4.31 Å². The maximum atomic E-state index is 12.8. The molecule has 0 aromatic heterocycles. The fourth-order valence-corrected chi connectivity index (χ4v) is 5.96. The van der Waals surface area contributed by atoms with Crippen LogP contribution in [0.15, 0.2) is 29.2 Å². The molecule has 2 aromatic carbocycles. The van der Waals surface area contributed by atoms with Gasteiger partial charge in [0.15, 0.2) is 5.78 Å². The molecule has 1 heterocycles. The minimum absolute atomic E-state index is 0.0718. The van der Waals surface area contributed by atoms with Crippen molar-refractivity contribution in [2.75, 3.05) is 22.4 Å². The number of benzene rings is 2. The van der Waals surface area contributed by atoms with E-state index < -0.39 is 10.0 Å². The molecule has 0 saturated heterocycles. The molecule has 4 nitrogen and oxygen atoms in total. The third-order valence-corrected chi connectivity index (χ3v) is 8.69. The number of rotatable bonds is 6. The number of nitrogens with zero attached hydrogens (tertiary/aromatic N) is 1. The van der Waals surface area contributed by atoms with Crippen molar-refractivity contribution >= 4 is 33.3 Å². The van der Waals surface area contributed by atoms with Gasteiger partial charge in [-0.1, -0.05) is 6.07 Å². The fraction of sp³-hybridized carbons (Fsp3) is 0.409. The Morgan fingerprint density at radius 1 is 1.07 bits per heavy atom. The van der Waals surface area contributed by atoms with Crippen molar-refractivity contribution in [2.45, 2.75) is 45.9 Å². The first-order valence-corrected chi connectivity index (χ1v) is 12.1. The van der Waals surface area contributed by atoms with Crippen molar-refractivity contribution in [2.24, 2.45) is 0 Å². The molecule has 28 heavy (non-hydrogen) atoms. The van der Waals surface area contributed by atoms with Gasteiger partial charge in [-0.05, 0) is 87.1 Å². The highest BCUT2D eigenvalue weighted by molar-refractivity contribution is 8.00. The molecule has 1 aliphatic rings. The summed E-state index contributed by atoms with van der Waals surface area (Å²) in [7, 11) is -3.26. The van der Waals surface area contributed by atoms with Crippen LogP contribution in [0.2, 0.25) is 0 Å². The van der Waals surface area contributed by atoms with Crippen LogP contribution in [0, 0.1) is 27.7 Å². The van der Waals surface area contributed by atoms with E-state index >= 15 is 0 Å². The summed E-state index contributed by atoms with van der Waals surface area (Å²) in [4.78, 5) is 14.0. The third kappa shape index (κ3) is 3.85. The quantitative estimate of drug-likeness (QED) is 0.509. The first kappa shape index (κ1) is 20.9. The Kier molecular flexibility index (Phi) is 5.92. The van der Waals surface area contributed by atoms with E-state index in [1.807, 2.05) is 6.07 Å². The smallest absolute Gasteiger partial charge is 0.234 e. The molecular formula is C22H27NO3S2. The van der Waals surface area contributed by atoms with E-state index in [0.29, 0.717) is 30.0 Å². The second-order valence-corrected chi connectivity index (χ2v) is 10.5. The Bertz CT molecular complexity index is 1020. The third-order valence-electron chi connectivity index (χ3n) is 5.60. The van der Waals surface area contributed by atoms with Crippen LogP contribution in [0.1, 0.15) is 45.1 Å². The SMILES string of the molecule is CCS(=O)(=O)N1CCc2cc(C(=O)CSc3c(C)c(C)cc(C)c3C)ccc21. The van der Waals surface area contributed by atoms with Gasteiger partial charge >= 0.3 is 0 Å². The van der Waals surface area contributed by atoms with Crippen molar-refractivity contribution in [3.05, 3.63) is 57.6 Å². The molecule has 1 aliphatic heterocycles. The highest BCUT2D eigenvalue weighted by Gasteiger charge is 2.28. The van der Waals surface area contributed by atoms with Gasteiger partial charge in [-0.3, -0.25) is 9.10 Å². The second kappa shape index (κ2) is 7.91. The average molecular weight is 418 g/mol. The van der Waals surface area contributed by atoms with Gasteiger partial charge in [0, 0.05) is 17.0 Å². The van der Waals surface area contributed by atoms with E-state index in [0.717, 1.165) is 5.56 Å². The molecule has 0 radical (unpaired) electrons. The molecule has 0 unspecified atom stereocenters. The summed E-state index contributed by atoms with van der Waals surface area (Å²) in [5, 5.41) is 0. The highest BCUT2D eigenvalue weighted by Crippen LogP contribution is 2.33. The topological polar surface area (TPSA) is 54.5 Å². The van der Waals surface area contributed by atoms with Crippen LogP contribution in [-0.4, -0.2) is 32.3 Å². The van der Waals surface area contributed by atoms with Crippen LogP contribution >= 0.6 is 11.8 Å². The maximum absolute atomic E-state index is 12.8. The summed E-state index contributed by atoms with van der Waals surface area (Å²) in [6.45, 7) is 10.5. The predicted octanol–water partition coefficient (Wildman–Crippen LogP) is 4.61. The summed E-state index contributed by atoms with van der Waals surface area (Å²) >= 11 is 1.59. The molecular weight excluding hydrogens is 390 g/mol. The molecule has 6 heteroatoms. The molecule has 150 valence electrons. The number of carbonyl (C=O) groups is 1. The molecule has 0 bridgehead atoms. The average Bonchev–Trinajstić information content (AvgIpc) is 3.10. The van der Waals surface area contributed by atoms with Crippen molar-refractivity contribution in [3.8, 4) is 0 Å². The van der Waals surface area contributed by atoms with E-state index in [9.17, 15) is 13.2 Å². The monoisotopic (exact) mass is 417 g/mol. The van der Waals surface area contributed by atoms with E-state index in [4.69, 9.17) is 0 Å². The first-order chi connectivity index (χ1) is 13.2. The van der Waals surface area contributed by atoms with Crippen molar-refractivity contribution < 1.29 is 13.2 Å². The largest absolute Gasteiger partial charge is 0.293 e. The molecule has 0 aliphatic carbocycles. The van der Waals surface area contributed by atoms with Crippen LogP contribution in [0.5, 0.6) is 0 Å². The number of fused-ring (bicyclic) bond motifs is 1. The van der Waals surface area contributed by atoms with E-state index in [1.54, 1.807) is 30.8 Å². The number of aryl methyl sites for hydroxylation is 2. The first-order valence-electron chi connectivity index (χ1n) is 9.52. The zero-order chi connectivity index (χ0) is 20.6. The molecule has 0 amide bonds. The van der Waals surface area contributed by atoms with Gasteiger partial charge in [-0.2, -0.15) is 0 Å². The van der Waals surface area contributed by atoms with Crippen LogP contribution in [0.4, 0.5) is 5.69 Å². The standard InChI is InChI=1S/C22H27NO3S2/c1-6-28(25,26)23-10-9-18-12-19(7-8-20(18)23)21(24)13-27-22-16(4)14(2)11-15(3)17(22)5/h7-8,11-12H,6,9-10,13H2,1-5H3. The molecule has 0 N–H and O–H groups in total. The summed E-state index contributed by atoms with van der Waals surface area (Å²) in [6.07, 6.45) is 0.651. The van der Waals surface area contributed by atoms with E-state index in [1.165, 1.54) is 31.5 Å². The molecule has 3 rings (SSSR count). The lowest BCUT2D eigenvalue weighted by molar-refractivity contribution is 0.102. The van der Waals surface area contributed by atoms with Crippen LogP contribution in [0.3, 0.4) is 0 Å². The number of sulfonamides is 1. The zero-order valence-electron chi connectivity index (χ0n) is 17.1. The number of Topliss-reactive ketones (excluding diaryl/α,β-unsaturated/α-hetero) is 1. The van der Waals surface area contributed by atoms with Crippen LogP contribution in [0.25, 0.3) is 0 Å². The number of carbonyl (C=O) groups excluding carboxylic acids is 1. The Labute approximate surface area is 172 Å². The fourth-order valence-electron chi connectivity index (χ4n) is 3.61. The summed E-state index contributed by atoms with van der Waals surface area (Å²) in [5.74, 6) is 0.529. The lowest BCUT2D eigenvalue weighted by Gasteiger charge is -2.18. The summed E-state index contributed by atoms with van der Waals surface area (Å²) in [6, 6.07) is 7.59. The number of ketones is 1. The number of thioether (sulfide) groups is 1. The van der Waals surface area contributed by atoms with Gasteiger partial charge < -0.3 is 0 Å². The zero-order valence-corrected chi connectivity index (χ0v) is 18.8. The van der Waals surface area contributed by atoms with Gasteiger partial charge in [-0.25, -0.2) is 8.42 Å². The minimum Gasteiger partial charge on any atom is -0.293 e. The number of anilines is 1. The van der Waals surface area contributed by atoms with E-state index in [-0.39, 0.29) is 11.5 Å². The Morgan fingerprint density at radius 3 is 2.32 bits per heavy atom. The number of hydrogen-bond acceptors (Lipinski definition) is 4. The van der Waals surface area contributed by atoms with Gasteiger partial charge in [0.2, 0.25) is 10.0 Å².